The van der Waals surface area contributed by atoms with Gasteiger partial charge in [0.1, 0.15) is 0 Å². The molecule has 0 spiro atoms. The Morgan fingerprint density at radius 3 is 2.77 bits per heavy atom. The molecule has 3 nitrogen and oxygen atoms in total. The van der Waals surface area contributed by atoms with E-state index in [0.29, 0.717) is 12.2 Å². The molecule has 1 saturated carbocycles. The maximum atomic E-state index is 10.9. The van der Waals surface area contributed by atoms with E-state index in [9.17, 15) is 4.79 Å². The van der Waals surface area contributed by atoms with Gasteiger partial charge in [-0.2, -0.15) is 0 Å². The highest BCUT2D eigenvalue weighted by atomic mass is 16.5. The van der Waals surface area contributed by atoms with E-state index in [0.717, 1.165) is 12.5 Å². The van der Waals surface area contributed by atoms with E-state index in [1.165, 1.54) is 20.0 Å². The third-order valence-corrected chi connectivity index (χ3v) is 2.07. The number of carbonyl (C=O) groups is 1. The molecule has 0 aromatic rings. The summed E-state index contributed by atoms with van der Waals surface area (Å²) < 4.78 is 9.88. The van der Waals surface area contributed by atoms with Gasteiger partial charge in [0.25, 0.3) is 0 Å². The summed E-state index contributed by atoms with van der Waals surface area (Å²) in [6.07, 6.45) is 4.34. The van der Waals surface area contributed by atoms with Crippen molar-refractivity contribution in [2.45, 2.75) is 19.8 Å². The lowest BCUT2D eigenvalue weighted by Gasteiger charge is -2.00. The number of hydrogen-bond acceptors (Lipinski definition) is 3. The van der Waals surface area contributed by atoms with Gasteiger partial charge in [-0.05, 0) is 31.8 Å². The highest BCUT2D eigenvalue weighted by molar-refractivity contribution is 5.87. The molecule has 1 aliphatic carbocycles. The zero-order valence-corrected chi connectivity index (χ0v) is 8.21. The molecular formula is C10H16O3. The van der Waals surface area contributed by atoms with Gasteiger partial charge in [-0.25, -0.2) is 4.79 Å². The molecular weight excluding hydrogens is 168 g/mol. The Balaban J connectivity index is 2.09. The van der Waals surface area contributed by atoms with Gasteiger partial charge in [-0.15, -0.1) is 0 Å². The Morgan fingerprint density at radius 2 is 2.23 bits per heavy atom. The zero-order valence-electron chi connectivity index (χ0n) is 8.21. The topological polar surface area (TPSA) is 35.5 Å². The first kappa shape index (κ1) is 10.3. The molecule has 0 bridgehead atoms. The van der Waals surface area contributed by atoms with Gasteiger partial charge in [0.15, 0.2) is 0 Å². The number of esters is 1. The van der Waals surface area contributed by atoms with E-state index in [1.54, 1.807) is 13.0 Å². The summed E-state index contributed by atoms with van der Waals surface area (Å²) in [5.41, 5.74) is 0.610. The fraction of sp³-hybridized carbons (Fsp3) is 0.700. The molecule has 3 heteroatoms. The molecule has 1 rings (SSSR count). The highest BCUT2D eigenvalue weighted by Gasteiger charge is 2.20. The van der Waals surface area contributed by atoms with Crippen LogP contribution in [0.5, 0.6) is 0 Å². The summed E-state index contributed by atoms with van der Waals surface area (Å²) in [5.74, 6) is 0.488. The third-order valence-electron chi connectivity index (χ3n) is 2.07. The summed E-state index contributed by atoms with van der Waals surface area (Å²) in [5, 5.41) is 0. The average molecular weight is 184 g/mol. The molecule has 0 atom stereocenters. The van der Waals surface area contributed by atoms with Crippen molar-refractivity contribution in [2.75, 3.05) is 20.3 Å². The summed E-state index contributed by atoms with van der Waals surface area (Å²) in [7, 11) is 1.38. The van der Waals surface area contributed by atoms with Crippen molar-refractivity contribution in [1.82, 2.24) is 0 Å². The Bertz CT molecular complexity index is 204. The first-order chi connectivity index (χ1) is 6.24. The molecule has 0 aliphatic heterocycles. The Kier molecular flexibility index (Phi) is 3.96. The van der Waals surface area contributed by atoms with Crippen LogP contribution in [0, 0.1) is 5.92 Å². The summed E-state index contributed by atoms with van der Waals surface area (Å²) >= 11 is 0. The van der Waals surface area contributed by atoms with Crippen molar-refractivity contribution in [3.63, 3.8) is 0 Å². The van der Waals surface area contributed by atoms with Gasteiger partial charge in [-0.1, -0.05) is 0 Å². The fourth-order valence-corrected chi connectivity index (χ4v) is 0.947. The van der Waals surface area contributed by atoms with E-state index in [2.05, 4.69) is 4.74 Å². The molecule has 1 aliphatic rings. The van der Waals surface area contributed by atoms with Crippen molar-refractivity contribution in [1.29, 1.82) is 0 Å². The first-order valence-corrected chi connectivity index (χ1v) is 4.57. The van der Waals surface area contributed by atoms with E-state index in [-0.39, 0.29) is 5.97 Å². The molecule has 0 heterocycles. The lowest BCUT2D eigenvalue weighted by molar-refractivity contribution is -0.136. The van der Waals surface area contributed by atoms with E-state index >= 15 is 0 Å². The van der Waals surface area contributed by atoms with E-state index in [4.69, 9.17) is 4.74 Å². The maximum absolute atomic E-state index is 10.9. The van der Waals surface area contributed by atoms with Gasteiger partial charge >= 0.3 is 5.97 Å². The van der Waals surface area contributed by atoms with Crippen LogP contribution in [0.15, 0.2) is 11.6 Å². The normalized spacial score (nSPS) is 17.2. The van der Waals surface area contributed by atoms with Crippen molar-refractivity contribution < 1.29 is 14.3 Å². The second kappa shape index (κ2) is 5.02. The van der Waals surface area contributed by atoms with Crippen LogP contribution in [0.25, 0.3) is 0 Å². The van der Waals surface area contributed by atoms with Crippen molar-refractivity contribution >= 4 is 5.97 Å². The minimum absolute atomic E-state index is 0.282. The Labute approximate surface area is 78.7 Å². The summed E-state index contributed by atoms with van der Waals surface area (Å²) in [6, 6.07) is 0. The van der Waals surface area contributed by atoms with Crippen LogP contribution < -0.4 is 0 Å². The quantitative estimate of drug-likeness (QED) is 0.369. The van der Waals surface area contributed by atoms with Gasteiger partial charge in [0.05, 0.1) is 13.7 Å². The van der Waals surface area contributed by atoms with Gasteiger partial charge in [-0.3, -0.25) is 0 Å². The lowest BCUT2D eigenvalue weighted by atomic mass is 10.3. The molecule has 0 radical (unpaired) electrons. The molecule has 1 fully saturated rings. The van der Waals surface area contributed by atoms with E-state index in [1.807, 2.05) is 0 Å². The van der Waals surface area contributed by atoms with Gasteiger partial charge < -0.3 is 9.47 Å². The highest BCUT2D eigenvalue weighted by Crippen LogP contribution is 2.28. The molecule has 13 heavy (non-hydrogen) atoms. The second-order valence-electron chi connectivity index (χ2n) is 3.36. The summed E-state index contributed by atoms with van der Waals surface area (Å²) in [4.78, 5) is 10.9. The van der Waals surface area contributed by atoms with Crippen LogP contribution in [-0.4, -0.2) is 26.3 Å². The van der Waals surface area contributed by atoms with E-state index < -0.39 is 0 Å². The number of methoxy groups -OCH3 is 1. The first-order valence-electron chi connectivity index (χ1n) is 4.57. The van der Waals surface area contributed by atoms with Crippen LogP contribution in [0.4, 0.5) is 0 Å². The number of rotatable bonds is 5. The maximum Gasteiger partial charge on any atom is 0.333 e. The number of ether oxygens (including phenoxy) is 2. The minimum atomic E-state index is -0.282. The third kappa shape index (κ3) is 4.08. The predicted octanol–water partition coefficient (Wildman–Crippen LogP) is 1.53. The molecule has 0 aromatic heterocycles. The lowest BCUT2D eigenvalue weighted by Crippen LogP contribution is -2.03. The Morgan fingerprint density at radius 1 is 1.54 bits per heavy atom. The van der Waals surface area contributed by atoms with Gasteiger partial charge in [0, 0.05) is 12.2 Å². The molecule has 74 valence electrons. The van der Waals surface area contributed by atoms with Crippen LogP contribution in [-0.2, 0) is 14.3 Å². The van der Waals surface area contributed by atoms with Gasteiger partial charge in [0.2, 0.25) is 0 Å². The van der Waals surface area contributed by atoms with Crippen LogP contribution in [0.3, 0.4) is 0 Å². The smallest absolute Gasteiger partial charge is 0.333 e. The van der Waals surface area contributed by atoms with Crippen molar-refractivity contribution in [3.05, 3.63) is 11.6 Å². The Hall–Kier alpha value is -0.830. The standard InChI is InChI=1S/C10H16O3/c1-8(10(11)12-2)5-6-13-7-9-3-4-9/h5,9H,3-4,6-7H2,1-2H3. The second-order valence-corrected chi connectivity index (χ2v) is 3.36. The minimum Gasteiger partial charge on any atom is -0.466 e. The molecule has 0 unspecified atom stereocenters. The average Bonchev–Trinajstić information content (AvgIpc) is 2.94. The molecule has 0 amide bonds. The number of carbonyl (C=O) groups excluding carboxylic acids is 1. The largest absolute Gasteiger partial charge is 0.466 e. The van der Waals surface area contributed by atoms with Crippen LogP contribution >= 0.6 is 0 Å². The predicted molar refractivity (Wildman–Crippen MR) is 49.3 cm³/mol. The monoisotopic (exact) mass is 184 g/mol. The summed E-state index contributed by atoms with van der Waals surface area (Å²) in [6.45, 7) is 3.06. The molecule has 0 saturated heterocycles. The van der Waals surface area contributed by atoms with Crippen molar-refractivity contribution in [3.8, 4) is 0 Å². The number of hydrogen-bond donors (Lipinski definition) is 0. The molecule has 0 aromatic carbocycles. The van der Waals surface area contributed by atoms with Crippen LogP contribution in [0.2, 0.25) is 0 Å². The SMILES string of the molecule is COC(=O)C(C)=CCOCC1CC1. The van der Waals surface area contributed by atoms with Crippen molar-refractivity contribution in [2.24, 2.45) is 5.92 Å². The fourth-order valence-electron chi connectivity index (χ4n) is 0.947. The zero-order chi connectivity index (χ0) is 9.68. The van der Waals surface area contributed by atoms with Crippen LogP contribution in [0.1, 0.15) is 19.8 Å². The molecule has 0 N–H and O–H groups in total.